The van der Waals surface area contributed by atoms with E-state index in [2.05, 4.69) is 25.8 Å². The van der Waals surface area contributed by atoms with Gasteiger partial charge in [-0.2, -0.15) is 0 Å². The van der Waals surface area contributed by atoms with Gasteiger partial charge in [0.15, 0.2) is 0 Å². The van der Waals surface area contributed by atoms with Crippen molar-refractivity contribution in [1.29, 1.82) is 0 Å². The monoisotopic (exact) mass is 252 g/mol. The lowest BCUT2D eigenvalue weighted by atomic mass is 9.76. The normalized spacial score (nSPS) is 29.5. The first-order valence-electron chi connectivity index (χ1n) is 6.78. The van der Waals surface area contributed by atoms with Crippen LogP contribution in [0.15, 0.2) is 0 Å². The van der Waals surface area contributed by atoms with Gasteiger partial charge in [-0.1, -0.05) is 19.8 Å². The molecule has 0 saturated heterocycles. The van der Waals surface area contributed by atoms with E-state index >= 15 is 0 Å². The lowest BCUT2D eigenvalue weighted by Gasteiger charge is -2.35. The van der Waals surface area contributed by atoms with E-state index in [1.54, 1.807) is 11.3 Å². The SMILES string of the molecule is CCCC1CCC(N)(c2nc(C)c(C)s2)CC1. The van der Waals surface area contributed by atoms with Gasteiger partial charge >= 0.3 is 0 Å². The van der Waals surface area contributed by atoms with Gasteiger partial charge in [0.25, 0.3) is 0 Å². The Balaban J connectivity index is 2.06. The number of nitrogens with zero attached hydrogens (tertiary/aromatic N) is 1. The standard InChI is InChI=1S/C14H24N2S/c1-4-5-12-6-8-14(15,9-7-12)13-16-10(2)11(3)17-13/h12H,4-9,15H2,1-3H3. The summed E-state index contributed by atoms with van der Waals surface area (Å²) in [6.45, 7) is 6.50. The second-order valence-corrected chi connectivity index (χ2v) is 6.75. The van der Waals surface area contributed by atoms with Crippen molar-refractivity contribution in [2.75, 3.05) is 0 Å². The third kappa shape index (κ3) is 2.71. The first-order chi connectivity index (χ1) is 8.05. The average molecular weight is 252 g/mol. The first kappa shape index (κ1) is 13.0. The molecule has 1 fully saturated rings. The van der Waals surface area contributed by atoms with Gasteiger partial charge in [-0.3, -0.25) is 0 Å². The van der Waals surface area contributed by atoms with E-state index in [1.807, 2.05) is 0 Å². The number of aromatic nitrogens is 1. The Morgan fingerprint density at radius 3 is 2.47 bits per heavy atom. The van der Waals surface area contributed by atoms with E-state index in [0.717, 1.165) is 24.5 Å². The summed E-state index contributed by atoms with van der Waals surface area (Å²) in [7, 11) is 0. The van der Waals surface area contributed by atoms with Crippen molar-refractivity contribution in [2.24, 2.45) is 11.7 Å². The molecule has 0 unspecified atom stereocenters. The number of aryl methyl sites for hydroxylation is 2. The second kappa shape index (κ2) is 5.07. The Kier molecular flexibility index (Phi) is 3.88. The summed E-state index contributed by atoms with van der Waals surface area (Å²) < 4.78 is 0. The zero-order chi connectivity index (χ0) is 12.5. The average Bonchev–Trinajstić information content (AvgIpc) is 2.64. The topological polar surface area (TPSA) is 38.9 Å². The maximum absolute atomic E-state index is 6.57. The largest absolute Gasteiger partial charge is 0.319 e. The van der Waals surface area contributed by atoms with Crippen LogP contribution in [0.4, 0.5) is 0 Å². The fourth-order valence-corrected chi connectivity index (χ4v) is 3.86. The molecular weight excluding hydrogens is 228 g/mol. The van der Waals surface area contributed by atoms with Crippen molar-refractivity contribution in [2.45, 2.75) is 64.8 Å². The summed E-state index contributed by atoms with van der Waals surface area (Å²) in [6, 6.07) is 0. The predicted octanol–water partition coefficient (Wildman–Crippen LogP) is 3.90. The van der Waals surface area contributed by atoms with Crippen molar-refractivity contribution in [3.63, 3.8) is 0 Å². The fraction of sp³-hybridized carbons (Fsp3) is 0.786. The van der Waals surface area contributed by atoms with E-state index in [9.17, 15) is 0 Å². The molecule has 0 aromatic carbocycles. The molecule has 0 spiro atoms. The molecule has 96 valence electrons. The van der Waals surface area contributed by atoms with Crippen LogP contribution < -0.4 is 5.73 Å². The van der Waals surface area contributed by atoms with Gasteiger partial charge in [-0.05, 0) is 45.4 Å². The van der Waals surface area contributed by atoms with E-state index in [4.69, 9.17) is 5.73 Å². The Hall–Kier alpha value is -0.410. The summed E-state index contributed by atoms with van der Waals surface area (Å²) in [5.74, 6) is 0.902. The lowest BCUT2D eigenvalue weighted by Crippen LogP contribution is -2.40. The molecule has 1 heterocycles. The van der Waals surface area contributed by atoms with E-state index in [1.165, 1.54) is 35.6 Å². The Bertz CT molecular complexity index is 356. The van der Waals surface area contributed by atoms with E-state index < -0.39 is 0 Å². The van der Waals surface area contributed by atoms with Crippen LogP contribution in [0.25, 0.3) is 0 Å². The predicted molar refractivity (Wildman–Crippen MR) is 74.3 cm³/mol. The molecule has 1 aromatic heterocycles. The Morgan fingerprint density at radius 1 is 1.35 bits per heavy atom. The minimum Gasteiger partial charge on any atom is -0.319 e. The van der Waals surface area contributed by atoms with Crippen molar-refractivity contribution in [1.82, 2.24) is 4.98 Å². The zero-order valence-corrected chi connectivity index (χ0v) is 12.1. The second-order valence-electron chi connectivity index (χ2n) is 5.55. The summed E-state index contributed by atoms with van der Waals surface area (Å²) in [5.41, 5.74) is 7.60. The molecule has 2 N–H and O–H groups in total. The molecule has 17 heavy (non-hydrogen) atoms. The van der Waals surface area contributed by atoms with Crippen LogP contribution in [0.3, 0.4) is 0 Å². The minimum atomic E-state index is -0.131. The molecule has 0 amide bonds. The fourth-order valence-electron chi connectivity index (χ4n) is 2.79. The zero-order valence-electron chi connectivity index (χ0n) is 11.3. The maximum Gasteiger partial charge on any atom is 0.113 e. The number of hydrogen-bond donors (Lipinski definition) is 1. The lowest BCUT2D eigenvalue weighted by molar-refractivity contribution is 0.225. The third-order valence-electron chi connectivity index (χ3n) is 4.15. The van der Waals surface area contributed by atoms with E-state index in [-0.39, 0.29) is 5.54 Å². The van der Waals surface area contributed by atoms with Crippen LogP contribution in [0.5, 0.6) is 0 Å². The highest BCUT2D eigenvalue weighted by Gasteiger charge is 2.35. The van der Waals surface area contributed by atoms with E-state index in [0.29, 0.717) is 0 Å². The van der Waals surface area contributed by atoms with Crippen LogP contribution in [0.1, 0.15) is 61.0 Å². The van der Waals surface area contributed by atoms with Gasteiger partial charge in [0.1, 0.15) is 5.01 Å². The third-order valence-corrected chi connectivity index (χ3v) is 5.44. The smallest absolute Gasteiger partial charge is 0.113 e. The molecule has 0 bridgehead atoms. The number of hydrogen-bond acceptors (Lipinski definition) is 3. The van der Waals surface area contributed by atoms with Gasteiger partial charge in [0.2, 0.25) is 0 Å². The highest BCUT2D eigenvalue weighted by atomic mass is 32.1. The van der Waals surface area contributed by atoms with Crippen LogP contribution in [-0.4, -0.2) is 4.98 Å². The molecular formula is C14H24N2S. The summed E-state index contributed by atoms with van der Waals surface area (Å²) in [6.07, 6.45) is 7.46. The molecule has 1 aliphatic carbocycles. The van der Waals surface area contributed by atoms with Crippen molar-refractivity contribution in [3.8, 4) is 0 Å². The molecule has 1 aromatic rings. The highest BCUT2D eigenvalue weighted by molar-refractivity contribution is 7.11. The quantitative estimate of drug-likeness (QED) is 0.886. The van der Waals surface area contributed by atoms with Crippen molar-refractivity contribution >= 4 is 11.3 Å². The molecule has 0 radical (unpaired) electrons. The highest BCUT2D eigenvalue weighted by Crippen LogP contribution is 2.40. The molecule has 2 nitrogen and oxygen atoms in total. The molecule has 1 saturated carbocycles. The molecule has 0 atom stereocenters. The Labute approximate surface area is 109 Å². The number of thiazole rings is 1. The molecule has 0 aliphatic heterocycles. The maximum atomic E-state index is 6.57. The van der Waals surface area contributed by atoms with Crippen LogP contribution in [-0.2, 0) is 5.54 Å². The van der Waals surface area contributed by atoms with Gasteiger partial charge in [-0.25, -0.2) is 4.98 Å². The van der Waals surface area contributed by atoms with Crippen molar-refractivity contribution < 1.29 is 0 Å². The summed E-state index contributed by atoms with van der Waals surface area (Å²) in [4.78, 5) is 5.99. The van der Waals surface area contributed by atoms with Gasteiger partial charge < -0.3 is 5.73 Å². The molecule has 2 rings (SSSR count). The first-order valence-corrected chi connectivity index (χ1v) is 7.60. The van der Waals surface area contributed by atoms with Gasteiger partial charge in [-0.15, -0.1) is 11.3 Å². The van der Waals surface area contributed by atoms with Crippen LogP contribution in [0, 0.1) is 19.8 Å². The van der Waals surface area contributed by atoms with Gasteiger partial charge in [0.05, 0.1) is 11.2 Å². The summed E-state index contributed by atoms with van der Waals surface area (Å²) >= 11 is 1.80. The number of nitrogens with two attached hydrogens (primary N) is 1. The molecule has 1 aliphatic rings. The summed E-state index contributed by atoms with van der Waals surface area (Å²) in [5, 5.41) is 1.17. The number of rotatable bonds is 3. The van der Waals surface area contributed by atoms with Crippen molar-refractivity contribution in [3.05, 3.63) is 15.6 Å². The molecule has 3 heteroatoms. The Morgan fingerprint density at radius 2 is 2.00 bits per heavy atom. The van der Waals surface area contributed by atoms with Crippen LogP contribution >= 0.6 is 11.3 Å². The minimum absolute atomic E-state index is 0.131. The van der Waals surface area contributed by atoms with Gasteiger partial charge in [0, 0.05) is 4.88 Å². The van der Waals surface area contributed by atoms with Crippen LogP contribution in [0.2, 0.25) is 0 Å².